The minimum Gasteiger partial charge on any atom is -0.458 e. The van der Waals surface area contributed by atoms with Gasteiger partial charge in [-0.2, -0.15) is 0 Å². The topological polar surface area (TPSA) is 26.3 Å². The van der Waals surface area contributed by atoms with E-state index in [2.05, 4.69) is 26.0 Å². The average Bonchev–Trinajstić information content (AvgIpc) is 2.62. The third-order valence-corrected chi connectivity index (χ3v) is 5.04. The van der Waals surface area contributed by atoms with Crippen molar-refractivity contribution in [3.63, 3.8) is 0 Å². The Balaban J connectivity index is 4.14. The van der Waals surface area contributed by atoms with E-state index in [-0.39, 0.29) is 12.1 Å². The van der Waals surface area contributed by atoms with Gasteiger partial charge in [0.25, 0.3) is 0 Å². The molecule has 0 amide bonds. The lowest BCUT2D eigenvalue weighted by atomic mass is 9.97. The van der Waals surface area contributed by atoms with Gasteiger partial charge in [-0.25, -0.2) is 0 Å². The van der Waals surface area contributed by atoms with Gasteiger partial charge < -0.3 is 4.74 Å². The minimum absolute atomic E-state index is 0.0487. The van der Waals surface area contributed by atoms with Crippen LogP contribution in [-0.4, -0.2) is 12.1 Å². The van der Waals surface area contributed by atoms with Crippen LogP contribution in [0.25, 0.3) is 0 Å². The predicted octanol–water partition coefficient (Wildman–Crippen LogP) is 8.39. The molecule has 0 aliphatic heterocycles. The molecule has 0 aliphatic carbocycles. The molecule has 0 aromatic heterocycles. The summed E-state index contributed by atoms with van der Waals surface area (Å²) in [6.45, 7) is 10.3. The first kappa shape index (κ1) is 26.2. The van der Waals surface area contributed by atoms with Gasteiger partial charge in [-0.1, -0.05) is 90.6 Å². The van der Waals surface area contributed by atoms with Crippen molar-refractivity contribution in [3.8, 4) is 0 Å². The molecule has 0 spiro atoms. The molecule has 1 unspecified atom stereocenters. The maximum atomic E-state index is 12.3. The Morgan fingerprint density at radius 2 is 1.26 bits per heavy atom. The number of allylic oxidation sites excluding steroid dienone is 1. The molecule has 0 saturated carbocycles. The first-order chi connectivity index (χ1) is 12.9. The fraction of sp³-hybridized carbons (Fsp3) is 0.880. The second-order valence-corrected chi connectivity index (χ2v) is 9.09. The smallest absolute Gasteiger partial charge is 0.311 e. The Labute approximate surface area is 170 Å². The highest BCUT2D eigenvalue weighted by atomic mass is 16.5. The Bertz CT molecular complexity index is 365. The summed E-state index contributed by atoms with van der Waals surface area (Å²) in [4.78, 5) is 12.3. The lowest BCUT2D eigenvalue weighted by molar-refractivity contribution is -0.156. The van der Waals surface area contributed by atoms with Crippen LogP contribution < -0.4 is 0 Å². The van der Waals surface area contributed by atoms with Crippen LogP contribution in [0.5, 0.6) is 0 Å². The molecule has 0 radical (unpaired) electrons. The van der Waals surface area contributed by atoms with Crippen molar-refractivity contribution >= 4 is 5.97 Å². The van der Waals surface area contributed by atoms with Gasteiger partial charge in [0, 0.05) is 0 Å². The summed E-state index contributed by atoms with van der Waals surface area (Å²) in [5.41, 5.74) is -0.425. The SMILES string of the molecule is CCCCCCCCCC=CC(CCCCCCCC)OC(=O)C(C)(C)C. The number of esters is 1. The molecule has 0 N–H and O–H groups in total. The lowest BCUT2D eigenvalue weighted by Gasteiger charge is -2.21. The molecule has 0 aromatic carbocycles. The van der Waals surface area contributed by atoms with E-state index < -0.39 is 5.41 Å². The van der Waals surface area contributed by atoms with Crippen molar-refractivity contribution in [2.45, 2.75) is 137 Å². The van der Waals surface area contributed by atoms with Crippen LogP contribution in [0.1, 0.15) is 131 Å². The second kappa shape index (κ2) is 17.3. The Morgan fingerprint density at radius 1 is 0.778 bits per heavy atom. The molecule has 0 bridgehead atoms. The molecular formula is C25H48O2. The van der Waals surface area contributed by atoms with Crippen molar-refractivity contribution < 1.29 is 9.53 Å². The normalized spacial score (nSPS) is 13.2. The highest BCUT2D eigenvalue weighted by Crippen LogP contribution is 2.19. The zero-order valence-corrected chi connectivity index (χ0v) is 19.2. The Morgan fingerprint density at radius 3 is 1.78 bits per heavy atom. The van der Waals surface area contributed by atoms with Gasteiger partial charge in [0.05, 0.1) is 5.41 Å². The molecule has 0 aliphatic rings. The van der Waals surface area contributed by atoms with Crippen LogP contribution in [0.4, 0.5) is 0 Å². The fourth-order valence-electron chi connectivity index (χ4n) is 3.10. The second-order valence-electron chi connectivity index (χ2n) is 9.09. The molecule has 0 rings (SSSR count). The van der Waals surface area contributed by atoms with Gasteiger partial charge in [0.1, 0.15) is 6.10 Å². The van der Waals surface area contributed by atoms with Crippen molar-refractivity contribution in [1.82, 2.24) is 0 Å². The molecule has 0 fully saturated rings. The molecule has 27 heavy (non-hydrogen) atoms. The fourth-order valence-corrected chi connectivity index (χ4v) is 3.10. The number of ether oxygens (including phenoxy) is 1. The van der Waals surface area contributed by atoms with Crippen molar-refractivity contribution in [1.29, 1.82) is 0 Å². The number of hydrogen-bond donors (Lipinski definition) is 0. The van der Waals surface area contributed by atoms with Gasteiger partial charge in [-0.3, -0.25) is 4.79 Å². The van der Waals surface area contributed by atoms with E-state index >= 15 is 0 Å². The van der Waals surface area contributed by atoms with E-state index in [4.69, 9.17) is 4.74 Å². The van der Waals surface area contributed by atoms with E-state index in [1.54, 1.807) is 0 Å². The van der Waals surface area contributed by atoms with Crippen LogP contribution >= 0.6 is 0 Å². The third kappa shape index (κ3) is 17.1. The zero-order valence-electron chi connectivity index (χ0n) is 19.2. The molecule has 0 saturated heterocycles. The zero-order chi connectivity index (χ0) is 20.4. The number of rotatable bonds is 17. The number of hydrogen-bond acceptors (Lipinski definition) is 2. The quantitative estimate of drug-likeness (QED) is 0.144. The molecule has 2 nitrogen and oxygen atoms in total. The number of carbonyl (C=O) groups excluding carboxylic acids is 1. The summed E-state index contributed by atoms with van der Waals surface area (Å²) in [5.74, 6) is -0.0842. The van der Waals surface area contributed by atoms with Crippen LogP contribution in [0, 0.1) is 5.41 Å². The highest BCUT2D eigenvalue weighted by molar-refractivity contribution is 5.75. The number of carbonyl (C=O) groups is 1. The first-order valence-corrected chi connectivity index (χ1v) is 11.8. The molecule has 0 aromatic rings. The summed E-state index contributed by atoms with van der Waals surface area (Å²) < 4.78 is 5.79. The average molecular weight is 381 g/mol. The summed E-state index contributed by atoms with van der Waals surface area (Å²) in [6.07, 6.45) is 23.4. The van der Waals surface area contributed by atoms with Crippen LogP contribution in [-0.2, 0) is 9.53 Å². The molecule has 1 atom stereocenters. The van der Waals surface area contributed by atoms with Gasteiger partial charge >= 0.3 is 5.97 Å². The summed E-state index contributed by atoms with van der Waals surface area (Å²) in [7, 11) is 0. The largest absolute Gasteiger partial charge is 0.458 e. The molecular weight excluding hydrogens is 332 g/mol. The molecule has 2 heteroatoms. The van der Waals surface area contributed by atoms with Crippen molar-refractivity contribution in [2.24, 2.45) is 5.41 Å². The van der Waals surface area contributed by atoms with E-state index in [1.807, 2.05) is 20.8 Å². The summed E-state index contributed by atoms with van der Waals surface area (Å²) in [6, 6.07) is 0. The third-order valence-electron chi connectivity index (χ3n) is 5.04. The van der Waals surface area contributed by atoms with E-state index in [9.17, 15) is 4.79 Å². The standard InChI is InChI=1S/C25H48O2/c1-6-8-10-12-14-15-16-18-20-22-23(27-24(26)25(3,4)5)21-19-17-13-11-9-7-2/h20,22-23H,6-19,21H2,1-5H3. The Kier molecular flexibility index (Phi) is 16.8. The minimum atomic E-state index is -0.425. The number of unbranched alkanes of at least 4 members (excludes halogenated alkanes) is 12. The predicted molar refractivity (Wildman–Crippen MR) is 119 cm³/mol. The first-order valence-electron chi connectivity index (χ1n) is 11.8. The summed E-state index contributed by atoms with van der Waals surface area (Å²) >= 11 is 0. The Hall–Kier alpha value is -0.790. The highest BCUT2D eigenvalue weighted by Gasteiger charge is 2.25. The van der Waals surface area contributed by atoms with Crippen molar-refractivity contribution in [3.05, 3.63) is 12.2 Å². The monoisotopic (exact) mass is 380 g/mol. The maximum absolute atomic E-state index is 12.3. The van der Waals surface area contributed by atoms with E-state index in [0.29, 0.717) is 0 Å². The van der Waals surface area contributed by atoms with Gasteiger partial charge in [0.15, 0.2) is 0 Å². The van der Waals surface area contributed by atoms with Crippen LogP contribution in [0.15, 0.2) is 12.2 Å². The lowest BCUT2D eigenvalue weighted by Crippen LogP contribution is -2.27. The van der Waals surface area contributed by atoms with Gasteiger partial charge in [0.2, 0.25) is 0 Å². The van der Waals surface area contributed by atoms with E-state index in [0.717, 1.165) is 19.3 Å². The van der Waals surface area contributed by atoms with Gasteiger partial charge in [-0.05, 0) is 52.5 Å². The van der Waals surface area contributed by atoms with Crippen LogP contribution in [0.3, 0.4) is 0 Å². The van der Waals surface area contributed by atoms with E-state index in [1.165, 1.54) is 77.0 Å². The maximum Gasteiger partial charge on any atom is 0.311 e. The molecule has 160 valence electrons. The van der Waals surface area contributed by atoms with Crippen LogP contribution in [0.2, 0.25) is 0 Å². The summed E-state index contributed by atoms with van der Waals surface area (Å²) in [5, 5.41) is 0. The van der Waals surface area contributed by atoms with Gasteiger partial charge in [-0.15, -0.1) is 0 Å². The van der Waals surface area contributed by atoms with Crippen molar-refractivity contribution in [2.75, 3.05) is 0 Å². The molecule has 0 heterocycles.